The van der Waals surface area contributed by atoms with E-state index in [2.05, 4.69) is 17.2 Å². The Labute approximate surface area is 125 Å². The molecule has 0 radical (unpaired) electrons. The van der Waals surface area contributed by atoms with E-state index in [-0.39, 0.29) is 0 Å². The third kappa shape index (κ3) is 3.15. The Morgan fingerprint density at radius 1 is 1.29 bits per heavy atom. The van der Waals surface area contributed by atoms with Gasteiger partial charge in [0.05, 0.1) is 15.8 Å². The minimum absolute atomic E-state index is 0.315. The van der Waals surface area contributed by atoms with Crippen LogP contribution in [-0.2, 0) is 6.18 Å². The molecule has 1 N–H and O–H groups in total. The Bertz CT molecular complexity index is 629. The fraction of sp³-hybridized carbons (Fsp3) is 0.533. The number of halogens is 3. The van der Waals surface area contributed by atoms with Crippen molar-refractivity contribution >= 4 is 26.7 Å². The third-order valence-corrected chi connectivity index (χ3v) is 5.14. The number of nitrogens with one attached hydrogen (secondary N) is 1. The largest absolute Gasteiger partial charge is 0.416 e. The molecule has 2 nitrogen and oxygen atoms in total. The zero-order valence-electron chi connectivity index (χ0n) is 11.7. The monoisotopic (exact) mass is 314 g/mol. The fourth-order valence-electron chi connectivity index (χ4n) is 2.94. The normalized spacial score (nSPS) is 18.3. The Balaban J connectivity index is 1.80. The molecule has 1 heterocycles. The molecule has 1 atom stereocenters. The van der Waals surface area contributed by atoms with Crippen LogP contribution < -0.4 is 5.32 Å². The Hall–Kier alpha value is -1.30. The van der Waals surface area contributed by atoms with Gasteiger partial charge in [0.2, 0.25) is 0 Å². The molecule has 0 saturated heterocycles. The number of thiazole rings is 1. The van der Waals surface area contributed by atoms with Crippen molar-refractivity contribution < 1.29 is 13.2 Å². The fourth-order valence-corrected chi connectivity index (χ4v) is 3.88. The first-order valence-corrected chi connectivity index (χ1v) is 7.99. The van der Waals surface area contributed by atoms with E-state index in [1.165, 1.54) is 43.1 Å². The van der Waals surface area contributed by atoms with Gasteiger partial charge in [-0.05, 0) is 43.9 Å². The molecule has 1 aromatic carbocycles. The van der Waals surface area contributed by atoms with Crippen LogP contribution in [0.1, 0.15) is 38.2 Å². The summed E-state index contributed by atoms with van der Waals surface area (Å²) in [6.07, 6.45) is 0.661. The molecule has 1 aliphatic carbocycles. The third-order valence-electron chi connectivity index (χ3n) is 4.17. The highest BCUT2D eigenvalue weighted by atomic mass is 32.1. The summed E-state index contributed by atoms with van der Waals surface area (Å²) in [5.74, 6) is 0.641. The van der Waals surface area contributed by atoms with Gasteiger partial charge < -0.3 is 5.32 Å². The predicted molar refractivity (Wildman–Crippen MR) is 79.7 cm³/mol. The van der Waals surface area contributed by atoms with Crippen molar-refractivity contribution in [3.8, 4) is 0 Å². The average molecular weight is 314 g/mol. The number of alkyl halides is 3. The van der Waals surface area contributed by atoms with Crippen LogP contribution >= 0.6 is 11.3 Å². The van der Waals surface area contributed by atoms with Crippen LogP contribution in [0.2, 0.25) is 0 Å². The molecular formula is C15H17F3N2S. The first kappa shape index (κ1) is 14.6. The van der Waals surface area contributed by atoms with Gasteiger partial charge in [0.15, 0.2) is 5.13 Å². The van der Waals surface area contributed by atoms with Crippen molar-refractivity contribution in [2.75, 3.05) is 5.32 Å². The minimum Gasteiger partial charge on any atom is -0.359 e. The quantitative estimate of drug-likeness (QED) is 0.831. The van der Waals surface area contributed by atoms with Gasteiger partial charge in [-0.2, -0.15) is 13.2 Å². The van der Waals surface area contributed by atoms with Gasteiger partial charge in [0.1, 0.15) is 0 Å². The maximum atomic E-state index is 12.7. The lowest BCUT2D eigenvalue weighted by molar-refractivity contribution is -0.137. The van der Waals surface area contributed by atoms with Crippen LogP contribution in [0.5, 0.6) is 0 Å². The summed E-state index contributed by atoms with van der Waals surface area (Å²) in [5.41, 5.74) is -0.230. The second-order valence-electron chi connectivity index (χ2n) is 5.68. The lowest BCUT2D eigenvalue weighted by Gasteiger charge is -2.19. The van der Waals surface area contributed by atoms with E-state index in [0.29, 0.717) is 22.6 Å². The second kappa shape index (κ2) is 5.48. The zero-order chi connectivity index (χ0) is 15.0. The number of aromatic nitrogens is 1. The molecule has 0 spiro atoms. The molecule has 0 bridgehead atoms. The molecule has 21 heavy (non-hydrogen) atoms. The van der Waals surface area contributed by atoms with Gasteiger partial charge in [-0.15, -0.1) is 0 Å². The van der Waals surface area contributed by atoms with Crippen molar-refractivity contribution in [1.82, 2.24) is 4.98 Å². The Morgan fingerprint density at radius 3 is 2.67 bits per heavy atom. The molecule has 0 aliphatic heterocycles. The molecular weight excluding hydrogens is 297 g/mol. The molecule has 1 unspecified atom stereocenters. The smallest absolute Gasteiger partial charge is 0.359 e. The summed E-state index contributed by atoms with van der Waals surface area (Å²) in [6, 6.07) is 4.05. The van der Waals surface area contributed by atoms with E-state index < -0.39 is 11.7 Å². The molecule has 1 aromatic heterocycles. The van der Waals surface area contributed by atoms with Crippen LogP contribution in [-0.4, -0.2) is 11.0 Å². The van der Waals surface area contributed by atoms with E-state index in [1.54, 1.807) is 0 Å². The number of nitrogens with zero attached hydrogens (tertiary/aromatic N) is 1. The van der Waals surface area contributed by atoms with Gasteiger partial charge in [0.25, 0.3) is 0 Å². The van der Waals surface area contributed by atoms with Gasteiger partial charge in [-0.1, -0.05) is 24.2 Å². The predicted octanol–water partition coefficient (Wildman–Crippen LogP) is 5.31. The SMILES string of the molecule is CC(Nc1nc2cc(C(F)(F)F)ccc2s1)C1CCCC1. The van der Waals surface area contributed by atoms with Crippen molar-refractivity contribution in [3.63, 3.8) is 0 Å². The standard InChI is InChI=1S/C15H17F3N2S/c1-9(10-4-2-3-5-10)19-14-20-12-8-11(15(16,17)18)6-7-13(12)21-14/h6-10H,2-5H2,1H3,(H,19,20). The van der Waals surface area contributed by atoms with E-state index >= 15 is 0 Å². The second-order valence-corrected chi connectivity index (χ2v) is 6.71. The zero-order valence-corrected chi connectivity index (χ0v) is 12.5. The number of hydrogen-bond acceptors (Lipinski definition) is 3. The Morgan fingerprint density at radius 2 is 2.00 bits per heavy atom. The van der Waals surface area contributed by atoms with E-state index in [1.807, 2.05) is 0 Å². The van der Waals surface area contributed by atoms with E-state index in [4.69, 9.17) is 0 Å². The van der Waals surface area contributed by atoms with Crippen LogP contribution in [0.25, 0.3) is 10.2 Å². The Kier molecular flexibility index (Phi) is 3.82. The lowest BCUT2D eigenvalue weighted by Crippen LogP contribution is -2.23. The molecule has 0 amide bonds. The number of rotatable bonds is 3. The average Bonchev–Trinajstić information content (AvgIpc) is 3.05. The molecule has 114 valence electrons. The van der Waals surface area contributed by atoms with Gasteiger partial charge in [-0.25, -0.2) is 4.98 Å². The summed E-state index contributed by atoms with van der Waals surface area (Å²) in [5, 5.41) is 4.07. The first-order chi connectivity index (χ1) is 9.93. The molecule has 1 saturated carbocycles. The summed E-state index contributed by atoms with van der Waals surface area (Å²) in [4.78, 5) is 4.31. The maximum absolute atomic E-state index is 12.7. The maximum Gasteiger partial charge on any atom is 0.416 e. The number of fused-ring (bicyclic) bond motifs is 1. The van der Waals surface area contributed by atoms with Gasteiger partial charge in [0, 0.05) is 6.04 Å². The summed E-state index contributed by atoms with van der Waals surface area (Å²) in [6.45, 7) is 2.13. The van der Waals surface area contributed by atoms with Crippen molar-refractivity contribution in [3.05, 3.63) is 23.8 Å². The van der Waals surface area contributed by atoms with Crippen LogP contribution in [0.15, 0.2) is 18.2 Å². The minimum atomic E-state index is -4.32. The van der Waals surface area contributed by atoms with Gasteiger partial charge >= 0.3 is 6.18 Å². The van der Waals surface area contributed by atoms with Crippen LogP contribution in [0.3, 0.4) is 0 Å². The number of anilines is 1. The van der Waals surface area contributed by atoms with Crippen LogP contribution in [0.4, 0.5) is 18.3 Å². The summed E-state index contributed by atoms with van der Waals surface area (Å²) in [7, 11) is 0. The topological polar surface area (TPSA) is 24.9 Å². The van der Waals surface area contributed by atoms with Crippen LogP contribution in [0, 0.1) is 5.92 Å². The first-order valence-electron chi connectivity index (χ1n) is 7.18. The van der Waals surface area contributed by atoms with Gasteiger partial charge in [-0.3, -0.25) is 0 Å². The van der Waals surface area contributed by atoms with Crippen molar-refractivity contribution in [1.29, 1.82) is 0 Å². The van der Waals surface area contributed by atoms with E-state index in [9.17, 15) is 13.2 Å². The highest BCUT2D eigenvalue weighted by Crippen LogP contribution is 2.35. The molecule has 1 fully saturated rings. The lowest BCUT2D eigenvalue weighted by atomic mass is 10.0. The molecule has 6 heteroatoms. The number of hydrogen-bond donors (Lipinski definition) is 1. The number of benzene rings is 1. The molecule has 3 rings (SSSR count). The van der Waals surface area contributed by atoms with Crippen molar-refractivity contribution in [2.45, 2.75) is 44.8 Å². The molecule has 2 aromatic rings. The van der Waals surface area contributed by atoms with E-state index in [0.717, 1.165) is 16.8 Å². The highest BCUT2D eigenvalue weighted by Gasteiger charge is 2.31. The van der Waals surface area contributed by atoms with Crippen molar-refractivity contribution in [2.24, 2.45) is 5.92 Å². The molecule has 1 aliphatic rings. The summed E-state index contributed by atoms with van der Waals surface area (Å²) < 4.78 is 38.9. The summed E-state index contributed by atoms with van der Waals surface area (Å²) >= 11 is 1.41. The highest BCUT2D eigenvalue weighted by molar-refractivity contribution is 7.22.